The van der Waals surface area contributed by atoms with Crippen molar-refractivity contribution >= 4 is 21.9 Å². The lowest BCUT2D eigenvalue weighted by atomic mass is 10.3. The van der Waals surface area contributed by atoms with E-state index in [9.17, 15) is 18.0 Å². The van der Waals surface area contributed by atoms with Crippen LogP contribution in [0.15, 0.2) is 0 Å². The first-order valence-electron chi connectivity index (χ1n) is 4.28. The topological polar surface area (TPSA) is 147 Å². The summed E-state index contributed by atoms with van der Waals surface area (Å²) < 4.78 is 27.8. The largest absolute Gasteiger partial charge is 0.370 e. The Bertz CT molecular complexity index is 324. The van der Waals surface area contributed by atoms with Crippen LogP contribution in [0.4, 0.5) is 0 Å². The fourth-order valence-electron chi connectivity index (χ4n) is 0.293. The van der Waals surface area contributed by atoms with Crippen LogP contribution >= 0.6 is 0 Å². The molecule has 0 aliphatic carbocycles. The number of hydroxylamine groups is 1. The molecule has 9 heteroatoms. The Morgan fingerprint density at radius 1 is 1.31 bits per heavy atom. The minimum Gasteiger partial charge on any atom is -0.370 e. The second-order valence-electron chi connectivity index (χ2n) is 3.07. The number of carbonyl (C=O) groups is 2. The number of rotatable bonds is 4. The summed E-state index contributed by atoms with van der Waals surface area (Å²) in [6, 6.07) is 0. The van der Waals surface area contributed by atoms with Gasteiger partial charge in [-0.2, -0.15) is 8.42 Å². The summed E-state index contributed by atoms with van der Waals surface area (Å²) in [5, 5.41) is 7.22. The van der Waals surface area contributed by atoms with Gasteiger partial charge in [0, 0.05) is 12.8 Å². The maximum Gasteiger partial charge on any atom is 0.267 e. The maximum atomic E-state index is 10.1. The molecule has 0 rings (SSSR count). The second-order valence-corrected chi connectivity index (χ2v) is 5.04. The van der Waals surface area contributed by atoms with E-state index in [0.717, 1.165) is 0 Å². The molecule has 0 heterocycles. The summed E-state index contributed by atoms with van der Waals surface area (Å²) in [6.45, 7) is 2.82. The monoisotopic (exact) mass is 256 g/mol. The van der Waals surface area contributed by atoms with Gasteiger partial charge in [0.2, 0.25) is 11.8 Å². The summed E-state index contributed by atoms with van der Waals surface area (Å²) >= 11 is 0. The van der Waals surface area contributed by atoms with Crippen molar-refractivity contribution in [1.29, 1.82) is 0 Å². The molecule has 0 saturated heterocycles. The molecule has 0 aliphatic heterocycles. The molecule has 0 saturated carbocycles. The average Bonchev–Trinajstić information content (AvgIpc) is 2.13. The molecule has 0 spiro atoms. The van der Waals surface area contributed by atoms with Crippen molar-refractivity contribution in [2.24, 2.45) is 5.73 Å². The Kier molecular flexibility index (Phi) is 8.63. The van der Waals surface area contributed by atoms with Crippen LogP contribution in [-0.2, 0) is 19.7 Å². The van der Waals surface area contributed by atoms with Crippen LogP contribution in [-0.4, -0.2) is 35.2 Å². The molecule has 0 fully saturated rings. The number of amides is 2. The lowest BCUT2D eigenvalue weighted by Crippen LogP contribution is -2.21. The SMILES string of the molecule is CC(C)S(=O)(=O)O.NC(=O)CCC(=O)NO. The molecule has 0 atom stereocenters. The summed E-state index contributed by atoms with van der Waals surface area (Å²) in [7, 11) is -3.74. The molecule has 0 aromatic heterocycles. The molecule has 0 aliphatic rings. The van der Waals surface area contributed by atoms with Gasteiger partial charge in [0.25, 0.3) is 10.1 Å². The molecular formula is C7H16N2O6S. The van der Waals surface area contributed by atoms with Crippen LogP contribution < -0.4 is 11.2 Å². The minimum absolute atomic E-state index is 0.0353. The van der Waals surface area contributed by atoms with Crippen LogP contribution in [0.3, 0.4) is 0 Å². The maximum absolute atomic E-state index is 10.1. The van der Waals surface area contributed by atoms with Crippen LogP contribution in [0.25, 0.3) is 0 Å². The second kappa shape index (κ2) is 8.02. The van der Waals surface area contributed by atoms with E-state index in [4.69, 9.17) is 15.5 Å². The Balaban J connectivity index is 0. The highest BCUT2D eigenvalue weighted by Gasteiger charge is 2.08. The summed E-state index contributed by atoms with van der Waals surface area (Å²) in [5.74, 6) is -1.16. The van der Waals surface area contributed by atoms with Gasteiger partial charge in [-0.15, -0.1) is 0 Å². The van der Waals surface area contributed by atoms with E-state index in [1.807, 2.05) is 0 Å². The van der Waals surface area contributed by atoms with Gasteiger partial charge in [-0.25, -0.2) is 5.48 Å². The van der Waals surface area contributed by atoms with Gasteiger partial charge in [0.1, 0.15) is 0 Å². The Hall–Kier alpha value is -1.19. The molecular weight excluding hydrogens is 240 g/mol. The van der Waals surface area contributed by atoms with Crippen molar-refractivity contribution in [3.63, 3.8) is 0 Å². The van der Waals surface area contributed by atoms with E-state index in [-0.39, 0.29) is 12.8 Å². The lowest BCUT2D eigenvalue weighted by molar-refractivity contribution is -0.131. The molecule has 0 unspecified atom stereocenters. The first kappa shape index (κ1) is 17.2. The third kappa shape index (κ3) is 12.8. The standard InChI is InChI=1S/C4H8N2O3.C3H8O3S/c5-3(7)1-2-4(8)6-9;1-3(2)7(4,5)6/h9H,1-2H2,(H2,5,7)(H,6,8);3H,1-2H3,(H,4,5,6). The zero-order valence-electron chi connectivity index (χ0n) is 9.00. The molecule has 0 aromatic rings. The van der Waals surface area contributed by atoms with Crippen molar-refractivity contribution in [2.75, 3.05) is 0 Å². The van der Waals surface area contributed by atoms with Crippen LogP contribution in [0.5, 0.6) is 0 Å². The zero-order valence-corrected chi connectivity index (χ0v) is 9.82. The van der Waals surface area contributed by atoms with Crippen molar-refractivity contribution in [3.8, 4) is 0 Å². The van der Waals surface area contributed by atoms with Gasteiger partial charge >= 0.3 is 0 Å². The third-order valence-electron chi connectivity index (χ3n) is 1.32. The zero-order chi connectivity index (χ0) is 13.4. The fraction of sp³-hybridized carbons (Fsp3) is 0.714. The van der Waals surface area contributed by atoms with Crippen molar-refractivity contribution < 1.29 is 27.8 Å². The molecule has 0 bridgehead atoms. The van der Waals surface area contributed by atoms with Crippen molar-refractivity contribution in [2.45, 2.75) is 31.9 Å². The Morgan fingerprint density at radius 3 is 1.88 bits per heavy atom. The Labute approximate surface area is 93.5 Å². The van der Waals surface area contributed by atoms with Crippen molar-refractivity contribution in [3.05, 3.63) is 0 Å². The van der Waals surface area contributed by atoms with E-state index in [1.54, 1.807) is 0 Å². The normalized spacial score (nSPS) is 10.3. The number of nitrogens with two attached hydrogens (primary N) is 1. The van der Waals surface area contributed by atoms with E-state index in [2.05, 4.69) is 0 Å². The molecule has 5 N–H and O–H groups in total. The number of hydrogen-bond acceptors (Lipinski definition) is 5. The lowest BCUT2D eigenvalue weighted by Gasteiger charge is -1.94. The quantitative estimate of drug-likeness (QED) is 0.289. The summed E-state index contributed by atoms with van der Waals surface area (Å²) in [5.41, 5.74) is 6.07. The van der Waals surface area contributed by atoms with E-state index in [1.165, 1.54) is 19.3 Å². The van der Waals surface area contributed by atoms with Crippen molar-refractivity contribution in [1.82, 2.24) is 5.48 Å². The number of nitrogens with one attached hydrogen (secondary N) is 1. The molecule has 2 amide bonds. The van der Waals surface area contributed by atoms with E-state index < -0.39 is 27.2 Å². The molecule has 0 radical (unpaired) electrons. The van der Waals surface area contributed by atoms with Gasteiger partial charge < -0.3 is 5.73 Å². The fourth-order valence-corrected chi connectivity index (χ4v) is 0.293. The molecule has 96 valence electrons. The van der Waals surface area contributed by atoms with Gasteiger partial charge in [-0.1, -0.05) is 0 Å². The summed E-state index contributed by atoms with van der Waals surface area (Å²) in [4.78, 5) is 20.1. The predicted molar refractivity (Wildman–Crippen MR) is 55.0 cm³/mol. The Morgan fingerprint density at radius 2 is 1.69 bits per heavy atom. The summed E-state index contributed by atoms with van der Waals surface area (Å²) in [6.07, 6.45) is -0.0990. The van der Waals surface area contributed by atoms with Gasteiger partial charge in [0.15, 0.2) is 0 Å². The van der Waals surface area contributed by atoms with Gasteiger partial charge in [-0.3, -0.25) is 19.3 Å². The van der Waals surface area contributed by atoms with E-state index >= 15 is 0 Å². The smallest absolute Gasteiger partial charge is 0.267 e. The number of primary amides is 1. The highest BCUT2D eigenvalue weighted by molar-refractivity contribution is 7.86. The minimum atomic E-state index is -3.74. The molecule has 8 nitrogen and oxygen atoms in total. The van der Waals surface area contributed by atoms with Gasteiger partial charge in [-0.05, 0) is 13.8 Å². The first-order chi connectivity index (χ1) is 7.11. The average molecular weight is 256 g/mol. The van der Waals surface area contributed by atoms with Crippen LogP contribution in [0, 0.1) is 0 Å². The first-order valence-corrected chi connectivity index (χ1v) is 5.79. The highest BCUT2D eigenvalue weighted by atomic mass is 32.2. The van der Waals surface area contributed by atoms with Gasteiger partial charge in [0.05, 0.1) is 5.25 Å². The van der Waals surface area contributed by atoms with Crippen LogP contribution in [0.2, 0.25) is 0 Å². The predicted octanol–water partition coefficient (Wildman–Crippen LogP) is -0.960. The third-order valence-corrected chi connectivity index (χ3v) is 2.51. The van der Waals surface area contributed by atoms with Crippen LogP contribution in [0.1, 0.15) is 26.7 Å². The number of hydrogen-bond donors (Lipinski definition) is 4. The van der Waals surface area contributed by atoms with E-state index in [0.29, 0.717) is 0 Å². The molecule has 16 heavy (non-hydrogen) atoms. The molecule has 0 aromatic carbocycles. The highest BCUT2D eigenvalue weighted by Crippen LogP contribution is 1.92. The number of carbonyl (C=O) groups excluding carboxylic acids is 2.